The highest BCUT2D eigenvalue weighted by molar-refractivity contribution is 9.10. The van der Waals surface area contributed by atoms with Crippen molar-refractivity contribution in [3.63, 3.8) is 0 Å². The number of aromatic nitrogens is 2. The van der Waals surface area contributed by atoms with Crippen LogP contribution in [-0.2, 0) is 11.2 Å². The average Bonchev–Trinajstić information content (AvgIpc) is 2.87. The van der Waals surface area contributed by atoms with Crippen LogP contribution in [0.15, 0.2) is 33.3 Å². The number of benzene rings is 1. The van der Waals surface area contributed by atoms with Crippen LogP contribution in [0.3, 0.4) is 0 Å². The van der Waals surface area contributed by atoms with Crippen LogP contribution in [0.1, 0.15) is 29.7 Å². The van der Waals surface area contributed by atoms with Crippen LogP contribution in [0.25, 0.3) is 0 Å². The van der Waals surface area contributed by atoms with E-state index in [0.29, 0.717) is 31.2 Å². The van der Waals surface area contributed by atoms with Crippen molar-refractivity contribution in [3.8, 4) is 0 Å². The fraction of sp³-hybridized carbons (Fsp3) is 0.385. The van der Waals surface area contributed by atoms with Crippen LogP contribution < -0.4 is 5.73 Å². The number of methoxy groups -OCH3 is 1. The Bertz CT molecular complexity index is 530. The molecule has 2 N–H and O–H groups in total. The quantitative estimate of drug-likeness (QED) is 0.883. The number of hydrogen-bond acceptors (Lipinski definition) is 5. The highest BCUT2D eigenvalue weighted by Gasteiger charge is 2.15. The fourth-order valence-corrected chi connectivity index (χ4v) is 2.10. The summed E-state index contributed by atoms with van der Waals surface area (Å²) in [6, 6.07) is 7.67. The summed E-state index contributed by atoms with van der Waals surface area (Å²) < 4.78 is 11.2. The van der Waals surface area contributed by atoms with Gasteiger partial charge in [0.15, 0.2) is 5.82 Å². The third kappa shape index (κ3) is 3.86. The summed E-state index contributed by atoms with van der Waals surface area (Å²) >= 11 is 3.50. The van der Waals surface area contributed by atoms with Gasteiger partial charge < -0.3 is 15.0 Å². The van der Waals surface area contributed by atoms with Crippen molar-refractivity contribution in [2.75, 3.05) is 13.7 Å². The summed E-state index contributed by atoms with van der Waals surface area (Å²) in [5.74, 6) is 1.09. The Kier molecular flexibility index (Phi) is 5.07. The summed E-state index contributed by atoms with van der Waals surface area (Å²) in [5.41, 5.74) is 7.04. The molecule has 0 aliphatic heterocycles. The van der Waals surface area contributed by atoms with E-state index < -0.39 is 0 Å². The molecule has 0 amide bonds. The van der Waals surface area contributed by atoms with Crippen LogP contribution in [0, 0.1) is 0 Å². The topological polar surface area (TPSA) is 74.2 Å². The van der Waals surface area contributed by atoms with E-state index in [1.807, 2.05) is 24.3 Å². The fourth-order valence-electron chi connectivity index (χ4n) is 1.67. The van der Waals surface area contributed by atoms with Crippen LogP contribution in [0.2, 0.25) is 0 Å². The maximum atomic E-state index is 5.93. The summed E-state index contributed by atoms with van der Waals surface area (Å²) in [5, 5.41) is 3.95. The highest BCUT2D eigenvalue weighted by atomic mass is 79.9. The first-order valence-corrected chi connectivity index (χ1v) is 6.80. The number of halogens is 1. The molecule has 102 valence electrons. The Labute approximate surface area is 120 Å². The summed E-state index contributed by atoms with van der Waals surface area (Å²) in [4.78, 5) is 4.32. The minimum Gasteiger partial charge on any atom is -0.385 e. The standard InChI is InChI=1S/C13H16BrN3O2/c1-18-7-6-11(15)13-16-12(17-19-13)8-9-4-2-3-5-10(9)14/h2-5,11H,6-8,15H2,1H3. The molecule has 0 fully saturated rings. The summed E-state index contributed by atoms with van der Waals surface area (Å²) in [7, 11) is 1.64. The van der Waals surface area contributed by atoms with Gasteiger partial charge in [0.1, 0.15) is 0 Å². The normalized spacial score (nSPS) is 12.6. The Morgan fingerprint density at radius 3 is 2.95 bits per heavy atom. The van der Waals surface area contributed by atoms with Gasteiger partial charge in [0.2, 0.25) is 5.89 Å². The smallest absolute Gasteiger partial charge is 0.243 e. The maximum absolute atomic E-state index is 5.93. The highest BCUT2D eigenvalue weighted by Crippen LogP contribution is 2.19. The zero-order chi connectivity index (χ0) is 13.7. The van der Waals surface area contributed by atoms with Gasteiger partial charge in [-0.05, 0) is 18.1 Å². The van der Waals surface area contributed by atoms with E-state index in [1.165, 1.54) is 0 Å². The van der Waals surface area contributed by atoms with E-state index in [2.05, 4.69) is 26.1 Å². The molecule has 0 saturated heterocycles. The molecule has 6 heteroatoms. The SMILES string of the molecule is COCCC(N)c1nc(Cc2ccccc2Br)no1. The molecule has 0 spiro atoms. The van der Waals surface area contributed by atoms with E-state index in [9.17, 15) is 0 Å². The van der Waals surface area contributed by atoms with Crippen molar-refractivity contribution in [2.45, 2.75) is 18.9 Å². The van der Waals surface area contributed by atoms with Crippen molar-refractivity contribution in [2.24, 2.45) is 5.73 Å². The molecule has 0 bridgehead atoms. The predicted molar refractivity (Wildman–Crippen MR) is 74.7 cm³/mol. The second kappa shape index (κ2) is 6.79. The van der Waals surface area contributed by atoms with Gasteiger partial charge in [0.25, 0.3) is 0 Å². The van der Waals surface area contributed by atoms with Gasteiger partial charge in [-0.25, -0.2) is 0 Å². The van der Waals surface area contributed by atoms with E-state index in [0.717, 1.165) is 10.0 Å². The maximum Gasteiger partial charge on any atom is 0.243 e. The molecule has 1 heterocycles. The molecule has 0 aliphatic rings. The third-order valence-corrected chi connectivity index (χ3v) is 3.51. The van der Waals surface area contributed by atoms with E-state index in [-0.39, 0.29) is 6.04 Å². The zero-order valence-electron chi connectivity index (χ0n) is 10.7. The Hall–Kier alpha value is -1.24. The first-order chi connectivity index (χ1) is 9.20. The van der Waals surface area contributed by atoms with Gasteiger partial charge in [-0.1, -0.05) is 39.3 Å². The van der Waals surface area contributed by atoms with E-state index in [4.69, 9.17) is 15.0 Å². The number of hydrogen-bond donors (Lipinski definition) is 1. The zero-order valence-corrected chi connectivity index (χ0v) is 12.3. The lowest BCUT2D eigenvalue weighted by Gasteiger charge is -2.04. The van der Waals surface area contributed by atoms with Gasteiger partial charge in [-0.15, -0.1) is 0 Å². The lowest BCUT2D eigenvalue weighted by molar-refractivity contribution is 0.182. The van der Waals surface area contributed by atoms with Gasteiger partial charge in [-0.3, -0.25) is 0 Å². The van der Waals surface area contributed by atoms with Crippen LogP contribution >= 0.6 is 15.9 Å². The van der Waals surface area contributed by atoms with Crippen molar-refractivity contribution in [1.82, 2.24) is 10.1 Å². The minimum atomic E-state index is -0.277. The van der Waals surface area contributed by atoms with Crippen molar-refractivity contribution in [1.29, 1.82) is 0 Å². The average molecular weight is 326 g/mol. The van der Waals surface area contributed by atoms with Crippen molar-refractivity contribution in [3.05, 3.63) is 46.0 Å². The molecule has 0 saturated carbocycles. The van der Waals surface area contributed by atoms with Crippen LogP contribution in [0.5, 0.6) is 0 Å². The number of rotatable bonds is 6. The Balaban J connectivity index is 2.03. The number of nitrogens with two attached hydrogens (primary N) is 1. The summed E-state index contributed by atoms with van der Waals surface area (Å²) in [6.45, 7) is 0.573. The molecule has 2 aromatic rings. The predicted octanol–water partition coefficient (Wildman–Crippen LogP) is 2.46. The molecule has 19 heavy (non-hydrogen) atoms. The van der Waals surface area contributed by atoms with Gasteiger partial charge in [0, 0.05) is 24.6 Å². The number of nitrogens with zero attached hydrogens (tertiary/aromatic N) is 2. The van der Waals surface area contributed by atoms with Crippen LogP contribution in [-0.4, -0.2) is 23.9 Å². The second-order valence-electron chi connectivity index (χ2n) is 4.20. The largest absolute Gasteiger partial charge is 0.385 e. The first kappa shape index (κ1) is 14.2. The van der Waals surface area contributed by atoms with Gasteiger partial charge in [0.05, 0.1) is 6.04 Å². The van der Waals surface area contributed by atoms with E-state index in [1.54, 1.807) is 7.11 Å². The molecule has 1 atom stereocenters. The summed E-state index contributed by atoms with van der Waals surface area (Å²) in [6.07, 6.45) is 1.27. The Morgan fingerprint density at radius 1 is 1.42 bits per heavy atom. The van der Waals surface area contributed by atoms with Crippen molar-refractivity contribution < 1.29 is 9.26 Å². The molecule has 2 rings (SSSR count). The lowest BCUT2D eigenvalue weighted by Crippen LogP contribution is -2.13. The second-order valence-corrected chi connectivity index (χ2v) is 5.06. The number of ether oxygens (including phenoxy) is 1. The lowest BCUT2D eigenvalue weighted by atomic mass is 10.1. The van der Waals surface area contributed by atoms with Gasteiger partial charge in [-0.2, -0.15) is 4.98 Å². The molecule has 1 aromatic carbocycles. The first-order valence-electron chi connectivity index (χ1n) is 6.01. The molecular weight excluding hydrogens is 310 g/mol. The minimum absolute atomic E-state index is 0.277. The molecule has 1 unspecified atom stereocenters. The molecular formula is C13H16BrN3O2. The Morgan fingerprint density at radius 2 is 2.21 bits per heavy atom. The van der Waals surface area contributed by atoms with Gasteiger partial charge >= 0.3 is 0 Å². The molecule has 0 aliphatic carbocycles. The van der Waals surface area contributed by atoms with Crippen molar-refractivity contribution >= 4 is 15.9 Å². The molecule has 5 nitrogen and oxygen atoms in total. The molecule has 1 aromatic heterocycles. The monoisotopic (exact) mass is 325 g/mol. The molecule has 0 radical (unpaired) electrons. The van der Waals surface area contributed by atoms with Crippen LogP contribution in [0.4, 0.5) is 0 Å². The third-order valence-electron chi connectivity index (χ3n) is 2.74. The van der Waals surface area contributed by atoms with E-state index >= 15 is 0 Å².